The lowest BCUT2D eigenvalue weighted by Gasteiger charge is -2.18. The largest absolute Gasteiger partial charge is 0.379 e. The van der Waals surface area contributed by atoms with Crippen LogP contribution in [0.1, 0.15) is 13.3 Å². The third-order valence-electron chi connectivity index (χ3n) is 3.08. The van der Waals surface area contributed by atoms with Gasteiger partial charge in [0.25, 0.3) is 0 Å². The maximum Gasteiger partial charge on any atom is 0.231 e. The second-order valence-corrected chi connectivity index (χ2v) is 5.24. The molecule has 2 heterocycles. The van der Waals surface area contributed by atoms with E-state index in [-0.39, 0.29) is 33.9 Å². The number of hydrogen-bond donors (Lipinski definition) is 2. The minimum absolute atomic E-state index is 0.00266. The van der Waals surface area contributed by atoms with Crippen molar-refractivity contribution in [1.82, 2.24) is 15.3 Å². The van der Waals surface area contributed by atoms with E-state index in [4.69, 9.17) is 27.9 Å². The highest BCUT2D eigenvalue weighted by Gasteiger charge is 2.34. The van der Waals surface area contributed by atoms with Crippen molar-refractivity contribution in [1.29, 1.82) is 0 Å². The average Bonchev–Trinajstić information content (AvgIpc) is 2.89. The number of halogens is 2. The van der Waals surface area contributed by atoms with Crippen molar-refractivity contribution in [3.05, 3.63) is 16.6 Å². The number of nitrogens with one attached hydrogen (secondary N) is 2. The summed E-state index contributed by atoms with van der Waals surface area (Å²) in [6.45, 7) is 3.80. The third-order valence-corrected chi connectivity index (χ3v) is 3.65. The summed E-state index contributed by atoms with van der Waals surface area (Å²) < 4.78 is 5.37. The van der Waals surface area contributed by atoms with Gasteiger partial charge in [0.05, 0.1) is 19.1 Å². The van der Waals surface area contributed by atoms with E-state index >= 15 is 0 Å². The molecular formula is C12H16Cl2N4O2. The summed E-state index contributed by atoms with van der Waals surface area (Å²) in [5.41, 5.74) is 0.238. The molecule has 1 aromatic rings. The van der Waals surface area contributed by atoms with Gasteiger partial charge in [0, 0.05) is 6.04 Å². The predicted octanol–water partition coefficient (Wildman–Crippen LogP) is 1.74. The normalized spacial score (nSPS) is 21.9. The Labute approximate surface area is 127 Å². The first-order chi connectivity index (χ1) is 9.63. The van der Waals surface area contributed by atoms with Gasteiger partial charge in [-0.05, 0) is 13.0 Å². The molecule has 0 spiro atoms. The predicted molar refractivity (Wildman–Crippen MR) is 77.1 cm³/mol. The van der Waals surface area contributed by atoms with Crippen LogP contribution in [0.15, 0.2) is 6.33 Å². The smallest absolute Gasteiger partial charge is 0.231 e. The molecule has 110 valence electrons. The van der Waals surface area contributed by atoms with Crippen LogP contribution in [-0.4, -0.2) is 41.7 Å². The number of hydrogen-bond acceptors (Lipinski definition) is 5. The number of carbonyl (C=O) groups is 1. The van der Waals surface area contributed by atoms with Crippen LogP contribution in [0.4, 0.5) is 5.69 Å². The van der Waals surface area contributed by atoms with E-state index in [9.17, 15) is 4.79 Å². The number of rotatable bonds is 5. The van der Waals surface area contributed by atoms with Gasteiger partial charge >= 0.3 is 0 Å². The summed E-state index contributed by atoms with van der Waals surface area (Å²) in [4.78, 5) is 19.9. The van der Waals surface area contributed by atoms with E-state index < -0.39 is 0 Å². The summed E-state index contributed by atoms with van der Waals surface area (Å²) in [6.07, 6.45) is 2.24. The van der Waals surface area contributed by atoms with Crippen LogP contribution >= 0.6 is 23.2 Å². The molecule has 0 saturated carbocycles. The summed E-state index contributed by atoms with van der Waals surface area (Å²) in [5, 5.41) is 6.21. The second kappa shape index (κ2) is 7.17. The fraction of sp³-hybridized carbons (Fsp3) is 0.583. The second-order valence-electron chi connectivity index (χ2n) is 4.52. The maximum absolute atomic E-state index is 12.3. The molecule has 0 aliphatic carbocycles. The summed E-state index contributed by atoms with van der Waals surface area (Å²) in [5.74, 6) is -0.483. The molecular weight excluding hydrogens is 303 g/mol. The zero-order chi connectivity index (χ0) is 14.5. The maximum atomic E-state index is 12.3. The third kappa shape index (κ3) is 3.58. The van der Waals surface area contributed by atoms with E-state index in [1.165, 1.54) is 6.33 Å². The Morgan fingerprint density at radius 2 is 2.10 bits per heavy atom. The van der Waals surface area contributed by atoms with E-state index in [0.717, 1.165) is 13.0 Å². The van der Waals surface area contributed by atoms with Gasteiger partial charge in [0.2, 0.25) is 5.91 Å². The standard InChI is InChI=1S/C12H16Cl2N4O2/c1-2-3-15-8-5-20-4-7(8)12(19)18-9-10(13)16-6-17-11(9)14/h6-8,15H,2-5H2,1H3,(H,18,19). The molecule has 2 atom stereocenters. The highest BCUT2D eigenvalue weighted by atomic mass is 35.5. The van der Waals surface area contributed by atoms with Crippen LogP contribution in [0.25, 0.3) is 0 Å². The average molecular weight is 319 g/mol. The zero-order valence-corrected chi connectivity index (χ0v) is 12.5. The van der Waals surface area contributed by atoms with Gasteiger partial charge < -0.3 is 15.4 Å². The van der Waals surface area contributed by atoms with Crippen LogP contribution in [0, 0.1) is 5.92 Å². The van der Waals surface area contributed by atoms with Gasteiger partial charge in [-0.1, -0.05) is 30.1 Å². The fourth-order valence-corrected chi connectivity index (χ4v) is 2.42. The van der Waals surface area contributed by atoms with Crippen molar-refractivity contribution in [2.45, 2.75) is 19.4 Å². The van der Waals surface area contributed by atoms with Gasteiger partial charge in [-0.25, -0.2) is 9.97 Å². The van der Waals surface area contributed by atoms with Crippen molar-refractivity contribution in [3.63, 3.8) is 0 Å². The molecule has 1 saturated heterocycles. The molecule has 6 nitrogen and oxygen atoms in total. The quantitative estimate of drug-likeness (QED) is 0.809. The molecule has 2 N–H and O–H groups in total. The van der Waals surface area contributed by atoms with Crippen LogP contribution in [0.5, 0.6) is 0 Å². The number of carbonyl (C=O) groups excluding carboxylic acids is 1. The summed E-state index contributed by atoms with van der Waals surface area (Å²) in [7, 11) is 0. The lowest BCUT2D eigenvalue weighted by atomic mass is 10.0. The van der Waals surface area contributed by atoms with E-state index in [0.29, 0.717) is 13.2 Å². The summed E-state index contributed by atoms with van der Waals surface area (Å²) >= 11 is 11.8. The van der Waals surface area contributed by atoms with Crippen molar-refractivity contribution in [3.8, 4) is 0 Å². The molecule has 1 fully saturated rings. The van der Waals surface area contributed by atoms with Crippen LogP contribution in [0.3, 0.4) is 0 Å². The van der Waals surface area contributed by atoms with Gasteiger partial charge in [-0.15, -0.1) is 0 Å². The molecule has 1 aliphatic heterocycles. The van der Waals surface area contributed by atoms with Gasteiger partial charge in [-0.2, -0.15) is 0 Å². The molecule has 2 rings (SSSR count). The first-order valence-corrected chi connectivity index (χ1v) is 7.17. The Kier molecular flexibility index (Phi) is 5.54. The summed E-state index contributed by atoms with van der Waals surface area (Å²) in [6, 6.07) is -0.00266. The van der Waals surface area contributed by atoms with E-state index in [1.807, 2.05) is 0 Å². The Bertz CT molecular complexity index is 466. The Morgan fingerprint density at radius 3 is 2.75 bits per heavy atom. The van der Waals surface area contributed by atoms with Crippen molar-refractivity contribution >= 4 is 34.8 Å². The number of anilines is 1. The number of amides is 1. The van der Waals surface area contributed by atoms with Gasteiger partial charge in [-0.3, -0.25) is 4.79 Å². The first-order valence-electron chi connectivity index (χ1n) is 6.41. The van der Waals surface area contributed by atoms with Gasteiger partial charge in [0.15, 0.2) is 10.3 Å². The monoisotopic (exact) mass is 318 g/mol. The molecule has 1 aromatic heterocycles. The number of ether oxygens (including phenoxy) is 1. The molecule has 8 heteroatoms. The minimum atomic E-state index is -0.283. The zero-order valence-electron chi connectivity index (χ0n) is 11.0. The molecule has 20 heavy (non-hydrogen) atoms. The van der Waals surface area contributed by atoms with Crippen LogP contribution in [-0.2, 0) is 9.53 Å². The lowest BCUT2D eigenvalue weighted by Crippen LogP contribution is -2.41. The van der Waals surface area contributed by atoms with Crippen LogP contribution in [0.2, 0.25) is 10.3 Å². The topological polar surface area (TPSA) is 76.1 Å². The Balaban J connectivity index is 2.04. The van der Waals surface area contributed by atoms with E-state index in [2.05, 4.69) is 27.5 Å². The Morgan fingerprint density at radius 1 is 1.40 bits per heavy atom. The minimum Gasteiger partial charge on any atom is -0.379 e. The highest BCUT2D eigenvalue weighted by Crippen LogP contribution is 2.27. The molecule has 1 amide bonds. The lowest BCUT2D eigenvalue weighted by molar-refractivity contribution is -0.120. The highest BCUT2D eigenvalue weighted by molar-refractivity contribution is 6.38. The van der Waals surface area contributed by atoms with Crippen LogP contribution < -0.4 is 10.6 Å². The molecule has 1 aliphatic rings. The van der Waals surface area contributed by atoms with Gasteiger partial charge in [0.1, 0.15) is 12.0 Å². The SMILES string of the molecule is CCCNC1COCC1C(=O)Nc1c(Cl)ncnc1Cl. The Hall–Kier alpha value is -0.950. The number of nitrogens with zero attached hydrogens (tertiary/aromatic N) is 2. The first kappa shape index (κ1) is 15.4. The number of aromatic nitrogens is 2. The molecule has 2 unspecified atom stereocenters. The fourth-order valence-electron chi connectivity index (χ4n) is 2.01. The van der Waals surface area contributed by atoms with Crippen molar-refractivity contribution in [2.75, 3.05) is 25.1 Å². The van der Waals surface area contributed by atoms with E-state index in [1.54, 1.807) is 0 Å². The molecule has 0 bridgehead atoms. The molecule has 0 aromatic carbocycles. The van der Waals surface area contributed by atoms with Crippen molar-refractivity contribution < 1.29 is 9.53 Å². The molecule has 0 radical (unpaired) electrons. The van der Waals surface area contributed by atoms with Crippen molar-refractivity contribution in [2.24, 2.45) is 5.92 Å².